The van der Waals surface area contributed by atoms with Crippen LogP contribution in [0.2, 0.25) is 0 Å². The fourth-order valence-corrected chi connectivity index (χ4v) is 3.13. The summed E-state index contributed by atoms with van der Waals surface area (Å²) < 4.78 is 13.0. The van der Waals surface area contributed by atoms with Gasteiger partial charge in [0.1, 0.15) is 11.9 Å². The molecule has 2 rings (SSSR count). The maximum Gasteiger partial charge on any atom is 0.326 e. The highest BCUT2D eigenvalue weighted by Crippen LogP contribution is 2.20. The predicted octanol–water partition coefficient (Wildman–Crippen LogP) is 2.29. The van der Waals surface area contributed by atoms with Crippen molar-refractivity contribution < 1.29 is 23.9 Å². The van der Waals surface area contributed by atoms with Crippen LogP contribution in [0.4, 0.5) is 4.39 Å². The van der Waals surface area contributed by atoms with Gasteiger partial charge in [-0.2, -0.15) is 0 Å². The molecule has 2 N–H and O–H groups in total. The molecular formula is C19H25FN2O4. The highest BCUT2D eigenvalue weighted by atomic mass is 19.1. The molecule has 26 heavy (non-hydrogen) atoms. The van der Waals surface area contributed by atoms with E-state index in [2.05, 4.69) is 5.32 Å². The van der Waals surface area contributed by atoms with E-state index in [-0.39, 0.29) is 24.3 Å². The number of halogens is 1. The number of rotatable bonds is 6. The quantitative estimate of drug-likeness (QED) is 0.811. The van der Waals surface area contributed by atoms with Gasteiger partial charge in [-0.15, -0.1) is 0 Å². The van der Waals surface area contributed by atoms with Crippen molar-refractivity contribution in [1.82, 2.24) is 10.2 Å². The zero-order valence-electron chi connectivity index (χ0n) is 15.1. The second-order valence-corrected chi connectivity index (χ2v) is 7.13. The van der Waals surface area contributed by atoms with Crippen molar-refractivity contribution in [3.8, 4) is 0 Å². The van der Waals surface area contributed by atoms with E-state index in [1.807, 2.05) is 13.8 Å². The SMILES string of the molecule is CC(C)C[C@H](NC(=O)C1CCCN(C(=O)c2ccc(F)cc2)C1)C(=O)O. The number of benzene rings is 1. The summed E-state index contributed by atoms with van der Waals surface area (Å²) in [5.74, 6) is -2.36. The number of carbonyl (C=O) groups is 3. The largest absolute Gasteiger partial charge is 0.480 e. The highest BCUT2D eigenvalue weighted by Gasteiger charge is 2.31. The van der Waals surface area contributed by atoms with Crippen molar-refractivity contribution in [2.75, 3.05) is 13.1 Å². The monoisotopic (exact) mass is 364 g/mol. The third kappa shape index (κ3) is 5.28. The van der Waals surface area contributed by atoms with Crippen LogP contribution in [0.5, 0.6) is 0 Å². The van der Waals surface area contributed by atoms with E-state index in [0.717, 1.165) is 0 Å². The molecule has 1 unspecified atom stereocenters. The number of nitrogens with zero attached hydrogens (tertiary/aromatic N) is 1. The van der Waals surface area contributed by atoms with Gasteiger partial charge in [0.2, 0.25) is 5.91 Å². The summed E-state index contributed by atoms with van der Waals surface area (Å²) in [5.41, 5.74) is 0.371. The van der Waals surface area contributed by atoms with Gasteiger partial charge in [-0.3, -0.25) is 9.59 Å². The average Bonchev–Trinajstić information content (AvgIpc) is 2.60. The molecule has 1 fully saturated rings. The third-order valence-electron chi connectivity index (χ3n) is 4.49. The van der Waals surface area contributed by atoms with Crippen LogP contribution in [0.15, 0.2) is 24.3 Å². The molecule has 2 atom stereocenters. The van der Waals surface area contributed by atoms with Crippen molar-refractivity contribution in [2.45, 2.75) is 39.2 Å². The molecule has 2 amide bonds. The fraction of sp³-hybridized carbons (Fsp3) is 0.526. The standard InChI is InChI=1S/C19H25FN2O4/c1-12(2)10-16(19(25)26)21-17(23)14-4-3-9-22(11-14)18(24)13-5-7-15(20)8-6-13/h5-8,12,14,16H,3-4,9-11H2,1-2H3,(H,21,23)(H,25,26)/t14?,16-/m0/s1. The molecule has 1 saturated heterocycles. The summed E-state index contributed by atoms with van der Waals surface area (Å²) in [5, 5.41) is 11.9. The molecule has 1 heterocycles. The fourth-order valence-electron chi connectivity index (χ4n) is 3.13. The number of amides is 2. The first-order valence-electron chi connectivity index (χ1n) is 8.86. The lowest BCUT2D eigenvalue weighted by atomic mass is 9.95. The first-order chi connectivity index (χ1) is 12.3. The zero-order chi connectivity index (χ0) is 19.3. The highest BCUT2D eigenvalue weighted by molar-refractivity contribution is 5.94. The number of carbonyl (C=O) groups excluding carboxylic acids is 2. The van der Waals surface area contributed by atoms with E-state index in [1.165, 1.54) is 24.3 Å². The molecule has 0 saturated carbocycles. The molecule has 0 aromatic heterocycles. The summed E-state index contributed by atoms with van der Waals surface area (Å²) in [6, 6.07) is 4.37. The Hall–Kier alpha value is -2.44. The van der Waals surface area contributed by atoms with Gasteiger partial charge >= 0.3 is 5.97 Å². The van der Waals surface area contributed by atoms with Crippen LogP contribution in [-0.2, 0) is 9.59 Å². The van der Waals surface area contributed by atoms with Gasteiger partial charge in [-0.25, -0.2) is 9.18 Å². The number of hydrogen-bond acceptors (Lipinski definition) is 3. The molecule has 0 aliphatic carbocycles. The van der Waals surface area contributed by atoms with Crippen LogP contribution in [0, 0.1) is 17.7 Å². The van der Waals surface area contributed by atoms with Gasteiger partial charge < -0.3 is 15.3 Å². The molecule has 1 aromatic rings. The maximum absolute atomic E-state index is 13.0. The lowest BCUT2D eigenvalue weighted by Gasteiger charge is -2.32. The maximum atomic E-state index is 13.0. The molecule has 7 heteroatoms. The Bertz CT molecular complexity index is 660. The van der Waals surface area contributed by atoms with E-state index in [4.69, 9.17) is 0 Å². The average molecular weight is 364 g/mol. The minimum Gasteiger partial charge on any atom is -0.480 e. The number of carboxylic acids is 1. The Morgan fingerprint density at radius 3 is 2.50 bits per heavy atom. The van der Waals surface area contributed by atoms with Gasteiger partial charge in [0.15, 0.2) is 0 Å². The van der Waals surface area contributed by atoms with Gasteiger partial charge in [-0.1, -0.05) is 13.8 Å². The number of nitrogens with one attached hydrogen (secondary N) is 1. The number of likely N-dealkylation sites (tertiary alicyclic amines) is 1. The normalized spacial score (nSPS) is 18.5. The number of piperidine rings is 1. The Balaban J connectivity index is 2.00. The van der Waals surface area contributed by atoms with E-state index in [1.54, 1.807) is 4.90 Å². The topological polar surface area (TPSA) is 86.7 Å². The predicted molar refractivity (Wildman–Crippen MR) is 94.0 cm³/mol. The molecule has 0 spiro atoms. The van der Waals surface area contributed by atoms with Crippen LogP contribution in [-0.4, -0.2) is 46.9 Å². The van der Waals surface area contributed by atoms with E-state index in [0.29, 0.717) is 31.4 Å². The van der Waals surface area contributed by atoms with Crippen LogP contribution < -0.4 is 5.32 Å². The minimum atomic E-state index is -1.05. The smallest absolute Gasteiger partial charge is 0.326 e. The van der Waals surface area contributed by atoms with Crippen molar-refractivity contribution in [3.05, 3.63) is 35.6 Å². The first-order valence-corrected chi connectivity index (χ1v) is 8.86. The van der Waals surface area contributed by atoms with Gasteiger partial charge in [0.05, 0.1) is 5.92 Å². The lowest BCUT2D eigenvalue weighted by Crippen LogP contribution is -2.49. The Kier molecular flexibility index (Phi) is 6.71. The van der Waals surface area contributed by atoms with Gasteiger partial charge in [0, 0.05) is 18.7 Å². The Morgan fingerprint density at radius 2 is 1.92 bits per heavy atom. The Morgan fingerprint density at radius 1 is 1.27 bits per heavy atom. The molecule has 0 radical (unpaired) electrons. The summed E-state index contributed by atoms with van der Waals surface area (Å²) in [7, 11) is 0. The summed E-state index contributed by atoms with van der Waals surface area (Å²) in [4.78, 5) is 37.9. The van der Waals surface area contributed by atoms with E-state index < -0.39 is 23.7 Å². The molecule has 6 nitrogen and oxygen atoms in total. The van der Waals surface area contributed by atoms with Crippen molar-refractivity contribution in [2.24, 2.45) is 11.8 Å². The third-order valence-corrected chi connectivity index (χ3v) is 4.49. The minimum absolute atomic E-state index is 0.138. The van der Waals surface area contributed by atoms with Crippen LogP contribution in [0.1, 0.15) is 43.5 Å². The van der Waals surface area contributed by atoms with E-state index in [9.17, 15) is 23.9 Å². The molecule has 1 aliphatic rings. The Labute approximate surface area is 152 Å². The molecule has 0 bridgehead atoms. The van der Waals surface area contributed by atoms with Crippen molar-refractivity contribution >= 4 is 17.8 Å². The second kappa shape index (κ2) is 8.78. The first kappa shape index (κ1) is 19.9. The summed E-state index contributed by atoms with van der Waals surface area (Å²) >= 11 is 0. The number of aliphatic carboxylic acids is 1. The van der Waals surface area contributed by atoms with Crippen molar-refractivity contribution in [3.63, 3.8) is 0 Å². The molecule has 1 aromatic carbocycles. The van der Waals surface area contributed by atoms with Gasteiger partial charge in [-0.05, 0) is 49.4 Å². The molecule has 1 aliphatic heterocycles. The van der Waals surface area contributed by atoms with Crippen LogP contribution in [0.25, 0.3) is 0 Å². The summed E-state index contributed by atoms with van der Waals surface area (Å²) in [6.07, 6.45) is 1.62. The lowest BCUT2D eigenvalue weighted by molar-refractivity contribution is -0.143. The molecular weight excluding hydrogens is 339 g/mol. The zero-order valence-corrected chi connectivity index (χ0v) is 15.1. The molecule has 142 valence electrons. The van der Waals surface area contributed by atoms with Crippen LogP contribution >= 0.6 is 0 Å². The van der Waals surface area contributed by atoms with E-state index >= 15 is 0 Å². The number of hydrogen-bond donors (Lipinski definition) is 2. The second-order valence-electron chi connectivity index (χ2n) is 7.13. The number of carboxylic acid groups (broad SMARTS) is 1. The van der Waals surface area contributed by atoms with Gasteiger partial charge in [0.25, 0.3) is 5.91 Å². The van der Waals surface area contributed by atoms with Crippen molar-refractivity contribution in [1.29, 1.82) is 0 Å². The van der Waals surface area contributed by atoms with Crippen LogP contribution in [0.3, 0.4) is 0 Å². The summed E-state index contributed by atoms with van der Waals surface area (Å²) in [6.45, 7) is 4.54.